The molecular weight excluding hydrogens is 199 g/mol. The van der Waals surface area contributed by atoms with E-state index in [1.54, 1.807) is 0 Å². The van der Waals surface area contributed by atoms with Crippen LogP contribution in [0.1, 0.15) is 13.8 Å². The van der Waals surface area contributed by atoms with Gasteiger partial charge in [-0.05, 0) is 13.8 Å². The average Bonchev–Trinajstić information content (AvgIpc) is 2.11. The summed E-state index contributed by atoms with van der Waals surface area (Å²) >= 11 is 0. The van der Waals surface area contributed by atoms with Gasteiger partial charge in [0.15, 0.2) is 0 Å². The minimum absolute atomic E-state index is 0.207. The highest BCUT2D eigenvalue weighted by Gasteiger charge is 2.19. The minimum atomic E-state index is -3.11. The second-order valence-electron chi connectivity index (χ2n) is 2.92. The minimum Gasteiger partial charge on any atom is -0.301 e. The van der Waals surface area contributed by atoms with Gasteiger partial charge in [0.2, 0.25) is 0 Å². The summed E-state index contributed by atoms with van der Waals surface area (Å²) in [4.78, 5) is 0. The first-order chi connectivity index (χ1) is 6.54. The molecule has 0 unspecified atom stereocenters. The fourth-order valence-electron chi connectivity index (χ4n) is 0.741. The van der Waals surface area contributed by atoms with Gasteiger partial charge >= 0.3 is 7.60 Å². The molecule has 14 heavy (non-hydrogen) atoms. The largest absolute Gasteiger partial charge is 0.354 e. The highest BCUT2D eigenvalue weighted by Crippen LogP contribution is 2.50. The standard InChI is InChI=1S/C10H17O3P/c1-5-7-12-14(11,9-10(3)4)13-8-6-2/h5-6,9H,1-2,7-8H2,3-4H3. The zero-order valence-corrected chi connectivity index (χ0v) is 9.63. The number of allylic oxidation sites excluding steroid dienone is 1. The van der Waals surface area contributed by atoms with Crippen LogP contribution in [-0.2, 0) is 13.6 Å². The van der Waals surface area contributed by atoms with E-state index in [4.69, 9.17) is 9.05 Å². The maximum atomic E-state index is 11.9. The van der Waals surface area contributed by atoms with Crippen molar-refractivity contribution < 1.29 is 13.6 Å². The van der Waals surface area contributed by atoms with Gasteiger partial charge in [0.25, 0.3) is 0 Å². The average molecular weight is 216 g/mol. The molecule has 0 aromatic heterocycles. The van der Waals surface area contributed by atoms with Gasteiger partial charge in [0.05, 0.1) is 13.2 Å². The van der Waals surface area contributed by atoms with Crippen molar-refractivity contribution in [2.45, 2.75) is 13.8 Å². The Morgan fingerprint density at radius 2 is 1.64 bits per heavy atom. The molecule has 0 aromatic carbocycles. The second kappa shape index (κ2) is 6.77. The molecule has 0 aliphatic carbocycles. The molecule has 0 amide bonds. The molecule has 4 heteroatoms. The maximum Gasteiger partial charge on any atom is 0.354 e. The van der Waals surface area contributed by atoms with Gasteiger partial charge in [-0.2, -0.15) is 0 Å². The Hall–Kier alpha value is -0.630. The molecule has 0 aliphatic heterocycles. The summed E-state index contributed by atoms with van der Waals surface area (Å²) in [7, 11) is -3.11. The zero-order valence-electron chi connectivity index (χ0n) is 8.73. The van der Waals surface area contributed by atoms with Crippen LogP contribution in [0.3, 0.4) is 0 Å². The molecule has 0 saturated carbocycles. The lowest BCUT2D eigenvalue weighted by Crippen LogP contribution is -1.94. The van der Waals surface area contributed by atoms with E-state index >= 15 is 0 Å². The normalized spacial score (nSPS) is 10.7. The van der Waals surface area contributed by atoms with Crippen molar-refractivity contribution in [3.05, 3.63) is 36.7 Å². The van der Waals surface area contributed by atoms with Crippen LogP contribution < -0.4 is 0 Å². The van der Waals surface area contributed by atoms with Crippen LogP contribution in [0.4, 0.5) is 0 Å². The first kappa shape index (κ1) is 13.4. The van der Waals surface area contributed by atoms with E-state index in [1.165, 1.54) is 18.0 Å². The summed E-state index contributed by atoms with van der Waals surface area (Å²) in [6.45, 7) is 11.0. The Morgan fingerprint density at radius 3 is 1.93 bits per heavy atom. The third kappa shape index (κ3) is 5.92. The lowest BCUT2D eigenvalue weighted by atomic mass is 10.4. The van der Waals surface area contributed by atoms with Crippen molar-refractivity contribution in [2.24, 2.45) is 0 Å². The SMILES string of the molecule is C=CCOP(=O)(C=C(C)C)OCC=C. The summed E-state index contributed by atoms with van der Waals surface area (Å²) in [5.74, 6) is 1.50. The monoisotopic (exact) mass is 216 g/mol. The zero-order chi connectivity index (χ0) is 11.0. The highest BCUT2D eigenvalue weighted by molar-refractivity contribution is 7.57. The van der Waals surface area contributed by atoms with Gasteiger partial charge < -0.3 is 9.05 Å². The molecule has 0 heterocycles. The van der Waals surface area contributed by atoms with Crippen LogP contribution in [0.25, 0.3) is 0 Å². The fraction of sp³-hybridized carbons (Fsp3) is 0.400. The molecule has 0 atom stereocenters. The quantitative estimate of drug-likeness (QED) is 0.482. The van der Waals surface area contributed by atoms with Gasteiger partial charge in [-0.3, -0.25) is 4.57 Å². The first-order valence-corrected chi connectivity index (χ1v) is 5.92. The van der Waals surface area contributed by atoms with Crippen LogP contribution in [0, 0.1) is 0 Å². The Balaban J connectivity index is 4.48. The predicted molar refractivity (Wildman–Crippen MR) is 59.3 cm³/mol. The van der Waals surface area contributed by atoms with Crippen LogP contribution in [0.2, 0.25) is 0 Å². The summed E-state index contributed by atoms with van der Waals surface area (Å²) in [5.41, 5.74) is 0.890. The van der Waals surface area contributed by atoms with Crippen LogP contribution in [-0.4, -0.2) is 13.2 Å². The topological polar surface area (TPSA) is 35.5 Å². The van der Waals surface area contributed by atoms with Crippen molar-refractivity contribution in [1.82, 2.24) is 0 Å². The molecule has 0 radical (unpaired) electrons. The molecule has 80 valence electrons. The molecule has 0 spiro atoms. The van der Waals surface area contributed by atoms with Crippen LogP contribution >= 0.6 is 7.60 Å². The van der Waals surface area contributed by atoms with Crippen molar-refractivity contribution >= 4 is 7.60 Å². The van der Waals surface area contributed by atoms with Crippen LogP contribution in [0.5, 0.6) is 0 Å². The molecule has 0 N–H and O–H groups in total. The number of hydrogen-bond donors (Lipinski definition) is 0. The van der Waals surface area contributed by atoms with E-state index in [-0.39, 0.29) is 13.2 Å². The molecule has 3 nitrogen and oxygen atoms in total. The number of rotatable bonds is 7. The molecule has 0 saturated heterocycles. The Kier molecular flexibility index (Phi) is 6.46. The second-order valence-corrected chi connectivity index (χ2v) is 4.77. The predicted octanol–water partition coefficient (Wildman–Crippen LogP) is 3.51. The van der Waals surface area contributed by atoms with E-state index in [0.717, 1.165) is 5.57 Å². The van der Waals surface area contributed by atoms with Crippen molar-refractivity contribution in [3.63, 3.8) is 0 Å². The summed E-state index contributed by atoms with van der Waals surface area (Å²) in [6.07, 6.45) is 3.06. The lowest BCUT2D eigenvalue weighted by molar-refractivity contribution is 0.246. The van der Waals surface area contributed by atoms with Gasteiger partial charge in [0.1, 0.15) is 0 Å². The highest BCUT2D eigenvalue weighted by atomic mass is 31.2. The van der Waals surface area contributed by atoms with Crippen molar-refractivity contribution in [2.75, 3.05) is 13.2 Å². The van der Waals surface area contributed by atoms with E-state index < -0.39 is 7.60 Å². The van der Waals surface area contributed by atoms with Gasteiger partial charge in [-0.15, -0.1) is 13.2 Å². The van der Waals surface area contributed by atoms with E-state index in [9.17, 15) is 4.57 Å². The first-order valence-electron chi connectivity index (χ1n) is 4.30. The summed E-state index contributed by atoms with van der Waals surface area (Å²) < 4.78 is 22.1. The lowest BCUT2D eigenvalue weighted by Gasteiger charge is -2.13. The van der Waals surface area contributed by atoms with Crippen LogP contribution in [0.15, 0.2) is 36.7 Å². The molecule has 0 aliphatic rings. The van der Waals surface area contributed by atoms with E-state index in [2.05, 4.69) is 13.2 Å². The van der Waals surface area contributed by atoms with Gasteiger partial charge in [0, 0.05) is 5.82 Å². The number of hydrogen-bond acceptors (Lipinski definition) is 3. The van der Waals surface area contributed by atoms with E-state index in [0.29, 0.717) is 0 Å². The smallest absolute Gasteiger partial charge is 0.301 e. The Morgan fingerprint density at radius 1 is 1.21 bits per heavy atom. The molecular formula is C10H17O3P. The van der Waals surface area contributed by atoms with Crippen molar-refractivity contribution in [1.29, 1.82) is 0 Å². The third-order valence-corrected chi connectivity index (χ3v) is 3.01. The van der Waals surface area contributed by atoms with Gasteiger partial charge in [-0.1, -0.05) is 17.7 Å². The maximum absolute atomic E-state index is 11.9. The summed E-state index contributed by atoms with van der Waals surface area (Å²) in [5, 5.41) is 0. The van der Waals surface area contributed by atoms with E-state index in [1.807, 2.05) is 13.8 Å². The van der Waals surface area contributed by atoms with Gasteiger partial charge in [-0.25, -0.2) is 0 Å². The van der Waals surface area contributed by atoms with Crippen molar-refractivity contribution in [3.8, 4) is 0 Å². The molecule has 0 fully saturated rings. The summed E-state index contributed by atoms with van der Waals surface area (Å²) in [6, 6.07) is 0. The molecule has 0 rings (SSSR count). The Labute approximate surface area is 85.6 Å². The Bertz CT molecular complexity index is 249. The molecule has 0 aromatic rings. The fourth-order valence-corrected chi connectivity index (χ4v) is 2.22. The molecule has 0 bridgehead atoms. The third-order valence-electron chi connectivity index (χ3n) is 1.16.